The standard InChI is InChI=1S/C31H31F3N6O3/c1-21-10-11-23(17-27(21)31(32,33)34)29(28-18-35-20-36-28)38-14-12-25(13-15-38)39(30(41)37-24-7-3-2-4-8-24)19-22-6-5-9-26(16-22)40(42)43/h2-11,16-18,20,25,29H,12-15,19H2,1H3,(H,35,36)(H,37,41). The topological polar surface area (TPSA) is 107 Å². The maximum atomic E-state index is 13.8. The number of urea groups is 1. The number of para-hydroxylation sites is 1. The maximum Gasteiger partial charge on any atom is 0.416 e. The van der Waals surface area contributed by atoms with Crippen molar-refractivity contribution in [3.8, 4) is 0 Å². The van der Waals surface area contributed by atoms with Gasteiger partial charge < -0.3 is 15.2 Å². The minimum atomic E-state index is -4.48. The van der Waals surface area contributed by atoms with Gasteiger partial charge in [-0.3, -0.25) is 15.0 Å². The summed E-state index contributed by atoms with van der Waals surface area (Å²) in [4.78, 5) is 35.4. The van der Waals surface area contributed by atoms with Crippen molar-refractivity contribution in [2.24, 2.45) is 0 Å². The number of benzene rings is 3. The van der Waals surface area contributed by atoms with E-state index in [4.69, 9.17) is 0 Å². The molecule has 1 aromatic heterocycles. The van der Waals surface area contributed by atoms with Crippen LogP contribution in [0.3, 0.4) is 0 Å². The Morgan fingerprint density at radius 2 is 1.86 bits per heavy atom. The zero-order valence-electron chi connectivity index (χ0n) is 23.4. The molecule has 3 aromatic carbocycles. The summed E-state index contributed by atoms with van der Waals surface area (Å²) in [7, 11) is 0. The molecule has 0 spiro atoms. The number of aromatic nitrogens is 2. The number of nitro groups is 1. The van der Waals surface area contributed by atoms with Gasteiger partial charge in [0.25, 0.3) is 5.69 Å². The van der Waals surface area contributed by atoms with Gasteiger partial charge in [0.2, 0.25) is 0 Å². The van der Waals surface area contributed by atoms with Crippen molar-refractivity contribution >= 4 is 17.4 Å². The van der Waals surface area contributed by atoms with Crippen molar-refractivity contribution in [1.29, 1.82) is 0 Å². The number of aromatic amines is 1. The van der Waals surface area contributed by atoms with Gasteiger partial charge in [0.15, 0.2) is 0 Å². The fourth-order valence-corrected chi connectivity index (χ4v) is 5.62. The highest BCUT2D eigenvalue weighted by molar-refractivity contribution is 5.89. The van der Waals surface area contributed by atoms with Gasteiger partial charge in [-0.2, -0.15) is 13.2 Å². The molecule has 0 aliphatic carbocycles. The summed E-state index contributed by atoms with van der Waals surface area (Å²) in [5.41, 5.74) is 1.82. The summed E-state index contributed by atoms with van der Waals surface area (Å²) in [5.74, 6) is 0. The van der Waals surface area contributed by atoms with Gasteiger partial charge >= 0.3 is 12.2 Å². The molecule has 4 aromatic rings. The van der Waals surface area contributed by atoms with E-state index >= 15 is 0 Å². The van der Waals surface area contributed by atoms with Gasteiger partial charge in [-0.25, -0.2) is 9.78 Å². The van der Waals surface area contributed by atoms with Crippen molar-refractivity contribution in [3.05, 3.63) is 123 Å². The molecule has 0 radical (unpaired) electrons. The number of halogens is 3. The highest BCUT2D eigenvalue weighted by Crippen LogP contribution is 2.37. The molecule has 5 rings (SSSR count). The van der Waals surface area contributed by atoms with Gasteiger partial charge in [0, 0.05) is 49.7 Å². The third-order valence-corrected chi connectivity index (χ3v) is 7.76. The maximum absolute atomic E-state index is 13.8. The van der Waals surface area contributed by atoms with Crippen molar-refractivity contribution in [2.75, 3.05) is 18.4 Å². The number of nitrogens with zero attached hydrogens (tertiary/aromatic N) is 4. The second-order valence-electron chi connectivity index (χ2n) is 10.6. The molecule has 9 nitrogen and oxygen atoms in total. The Morgan fingerprint density at radius 3 is 2.51 bits per heavy atom. The lowest BCUT2D eigenvalue weighted by atomic mass is 9.94. The van der Waals surface area contributed by atoms with Gasteiger partial charge in [0.05, 0.1) is 28.5 Å². The van der Waals surface area contributed by atoms with Gasteiger partial charge in [0.1, 0.15) is 0 Å². The molecule has 0 saturated carbocycles. The van der Waals surface area contributed by atoms with Crippen molar-refractivity contribution in [2.45, 2.75) is 44.6 Å². The molecule has 1 atom stereocenters. The average molecular weight is 593 g/mol. The van der Waals surface area contributed by atoms with Crippen molar-refractivity contribution < 1.29 is 22.9 Å². The van der Waals surface area contributed by atoms with E-state index in [-0.39, 0.29) is 29.9 Å². The van der Waals surface area contributed by atoms with E-state index in [2.05, 4.69) is 20.2 Å². The number of H-pyrrole nitrogens is 1. The summed E-state index contributed by atoms with van der Waals surface area (Å²) in [5, 5.41) is 14.3. The Morgan fingerprint density at radius 1 is 1.12 bits per heavy atom. The SMILES string of the molecule is Cc1ccc(C(c2cnc[nH]2)N2CCC(N(Cc3cccc([N+](=O)[O-])c3)C(=O)Nc3ccccc3)CC2)cc1C(F)(F)F. The second-order valence-corrected chi connectivity index (χ2v) is 10.6. The van der Waals surface area contributed by atoms with Crippen molar-refractivity contribution in [1.82, 2.24) is 19.8 Å². The molecule has 224 valence electrons. The zero-order chi connectivity index (χ0) is 30.6. The summed E-state index contributed by atoms with van der Waals surface area (Å²) < 4.78 is 41.3. The van der Waals surface area contributed by atoms with Crippen LogP contribution in [-0.4, -0.2) is 49.9 Å². The number of nitro benzene ring substituents is 1. The van der Waals surface area contributed by atoms with E-state index in [1.807, 2.05) is 18.2 Å². The van der Waals surface area contributed by atoms with Crippen LogP contribution >= 0.6 is 0 Å². The van der Waals surface area contributed by atoms with Crippen LogP contribution in [0.25, 0.3) is 0 Å². The fourth-order valence-electron chi connectivity index (χ4n) is 5.62. The van der Waals surface area contributed by atoms with Crippen LogP contribution in [0.1, 0.15) is 46.8 Å². The average Bonchev–Trinajstić information content (AvgIpc) is 3.52. The second kappa shape index (κ2) is 12.7. The van der Waals surface area contributed by atoms with E-state index in [9.17, 15) is 28.1 Å². The van der Waals surface area contributed by atoms with E-state index in [1.54, 1.807) is 41.4 Å². The van der Waals surface area contributed by atoms with Crippen LogP contribution in [0.2, 0.25) is 0 Å². The van der Waals surface area contributed by atoms with Gasteiger partial charge in [-0.05, 0) is 54.7 Å². The van der Waals surface area contributed by atoms with Crippen LogP contribution in [0, 0.1) is 17.0 Å². The number of likely N-dealkylation sites (tertiary alicyclic amines) is 1. The van der Waals surface area contributed by atoms with E-state index in [1.165, 1.54) is 37.5 Å². The highest BCUT2D eigenvalue weighted by Gasteiger charge is 2.36. The third-order valence-electron chi connectivity index (χ3n) is 7.76. The molecule has 1 aliphatic heterocycles. The number of rotatable bonds is 8. The van der Waals surface area contributed by atoms with Gasteiger partial charge in [-0.15, -0.1) is 0 Å². The molecule has 2 amide bonds. The summed E-state index contributed by atoms with van der Waals surface area (Å²) >= 11 is 0. The first-order valence-electron chi connectivity index (χ1n) is 13.9. The molecule has 1 unspecified atom stereocenters. The number of non-ortho nitro benzene ring substituents is 1. The zero-order valence-corrected chi connectivity index (χ0v) is 23.4. The van der Waals surface area contributed by atoms with Crippen LogP contribution < -0.4 is 5.32 Å². The Kier molecular flexibility index (Phi) is 8.76. The lowest BCUT2D eigenvalue weighted by Crippen LogP contribution is -2.49. The predicted molar refractivity (Wildman–Crippen MR) is 155 cm³/mol. The molecule has 12 heteroatoms. The molecule has 1 saturated heterocycles. The lowest BCUT2D eigenvalue weighted by Gasteiger charge is -2.41. The van der Waals surface area contributed by atoms with E-state index in [0.717, 1.165) is 0 Å². The molecular weight excluding hydrogens is 561 g/mol. The quantitative estimate of drug-likeness (QED) is 0.170. The number of amides is 2. The lowest BCUT2D eigenvalue weighted by molar-refractivity contribution is -0.384. The molecular formula is C31H31F3N6O3. The van der Waals surface area contributed by atoms with Crippen molar-refractivity contribution in [3.63, 3.8) is 0 Å². The number of piperidine rings is 1. The largest absolute Gasteiger partial charge is 0.416 e. The first-order chi connectivity index (χ1) is 20.6. The number of hydrogen-bond donors (Lipinski definition) is 2. The number of hydrogen-bond acceptors (Lipinski definition) is 5. The third kappa shape index (κ3) is 7.03. The Hall–Kier alpha value is -4.71. The Bertz CT molecular complexity index is 1550. The fraction of sp³-hybridized carbons (Fsp3) is 0.290. The molecule has 43 heavy (non-hydrogen) atoms. The normalized spacial score (nSPS) is 15.2. The summed E-state index contributed by atoms with van der Waals surface area (Å²) in [6, 6.07) is 18.6. The van der Waals surface area contributed by atoms with Crippen LogP contribution in [0.5, 0.6) is 0 Å². The first kappa shape index (κ1) is 29.8. The minimum Gasteiger partial charge on any atom is -0.347 e. The summed E-state index contributed by atoms with van der Waals surface area (Å²) in [6.07, 6.45) is -0.279. The Labute approximate surface area is 246 Å². The molecule has 2 N–H and O–H groups in total. The summed E-state index contributed by atoms with van der Waals surface area (Å²) in [6.45, 7) is 2.59. The number of anilines is 1. The molecule has 0 bridgehead atoms. The number of carbonyl (C=O) groups is 1. The Balaban J connectivity index is 1.39. The minimum absolute atomic E-state index is 0.0607. The predicted octanol–water partition coefficient (Wildman–Crippen LogP) is 6.93. The number of imidazole rings is 1. The number of alkyl halides is 3. The van der Waals surface area contributed by atoms with E-state index < -0.39 is 22.7 Å². The first-order valence-corrected chi connectivity index (χ1v) is 13.9. The monoisotopic (exact) mass is 592 g/mol. The molecule has 1 fully saturated rings. The van der Waals surface area contributed by atoms with Gasteiger partial charge in [-0.1, -0.05) is 42.5 Å². The number of nitrogens with one attached hydrogen (secondary N) is 2. The molecule has 2 heterocycles. The molecule has 1 aliphatic rings. The number of aryl methyl sites for hydroxylation is 1. The van der Waals surface area contributed by atoms with Crippen LogP contribution in [0.4, 0.5) is 29.3 Å². The number of carbonyl (C=O) groups excluding carboxylic acids is 1. The smallest absolute Gasteiger partial charge is 0.347 e. The van der Waals surface area contributed by atoms with Crippen LogP contribution in [0.15, 0.2) is 85.3 Å². The van der Waals surface area contributed by atoms with E-state index in [0.29, 0.717) is 48.4 Å². The van der Waals surface area contributed by atoms with Crippen LogP contribution in [-0.2, 0) is 12.7 Å². The highest BCUT2D eigenvalue weighted by atomic mass is 19.4.